The molecule has 204 valence electrons. The summed E-state index contributed by atoms with van der Waals surface area (Å²) < 4.78 is 49.3. The number of likely N-dealkylation sites (tertiary alicyclic amines) is 1. The highest BCUT2D eigenvalue weighted by molar-refractivity contribution is 6.31. The maximum absolute atomic E-state index is 12.6. The predicted molar refractivity (Wildman–Crippen MR) is 132 cm³/mol. The number of rotatable bonds is 6. The Morgan fingerprint density at radius 1 is 1.21 bits per heavy atom. The first-order chi connectivity index (χ1) is 17.8. The Hall–Kier alpha value is -3.61. The lowest BCUT2D eigenvalue weighted by atomic mass is 9.85. The number of alkyl halides is 3. The van der Waals surface area contributed by atoms with Crippen LogP contribution in [-0.4, -0.2) is 69.0 Å². The molecule has 14 heteroatoms. The molecule has 3 aromatic rings. The number of hydrogen-bond acceptors (Lipinski definition) is 8. The minimum Gasteiger partial charge on any atom is -0.496 e. The fourth-order valence-electron chi connectivity index (χ4n) is 4.74. The normalized spacial score (nSPS) is 15.8. The first kappa shape index (κ1) is 27.4. The van der Waals surface area contributed by atoms with Crippen molar-refractivity contribution in [3.05, 3.63) is 39.8 Å². The number of aromatic nitrogens is 4. The summed E-state index contributed by atoms with van der Waals surface area (Å²) in [6, 6.07) is 1.41. The molecule has 1 unspecified atom stereocenters. The standard InChI is InChI=1S/C24H26ClF3N6O4/c1-10-16(25)6-15(12(3)34-21-18(11(2)32-34)20(29)30-9-31-21)19(37-5)17(10)14-7-33(8-14)22(35)13(4)38-23(36)24(26,27)28/h6,9,12-14H,7-8H2,1-5H3,(H2,29,30,31)/t12?,13-/m0/s1. The van der Waals surface area contributed by atoms with Crippen LogP contribution in [0.5, 0.6) is 5.75 Å². The van der Waals surface area contributed by atoms with Gasteiger partial charge >= 0.3 is 12.1 Å². The molecule has 4 rings (SSSR count). The number of hydrogen-bond donors (Lipinski definition) is 1. The number of nitrogens with two attached hydrogens (primary N) is 1. The lowest BCUT2D eigenvalue weighted by molar-refractivity contribution is -0.206. The molecular formula is C24H26ClF3N6O4. The monoisotopic (exact) mass is 554 g/mol. The van der Waals surface area contributed by atoms with E-state index < -0.39 is 24.2 Å². The first-order valence-electron chi connectivity index (χ1n) is 11.6. The number of aryl methyl sites for hydroxylation is 1. The van der Waals surface area contributed by atoms with Crippen molar-refractivity contribution in [2.45, 2.75) is 51.9 Å². The molecule has 2 atom stereocenters. The fourth-order valence-corrected chi connectivity index (χ4v) is 4.96. The molecule has 10 nitrogen and oxygen atoms in total. The highest BCUT2D eigenvalue weighted by Gasteiger charge is 2.44. The largest absolute Gasteiger partial charge is 0.496 e. The van der Waals surface area contributed by atoms with Crippen LogP contribution in [0.1, 0.15) is 48.2 Å². The Kier molecular flexibility index (Phi) is 7.17. The molecule has 0 bridgehead atoms. The molecule has 0 saturated carbocycles. The molecule has 3 heterocycles. The minimum atomic E-state index is -5.18. The fraction of sp³-hybridized carbons (Fsp3) is 0.458. The third kappa shape index (κ3) is 4.70. The lowest BCUT2D eigenvalue weighted by Gasteiger charge is -2.42. The molecule has 1 fully saturated rings. The van der Waals surface area contributed by atoms with Crippen LogP contribution in [0.4, 0.5) is 19.0 Å². The van der Waals surface area contributed by atoms with Crippen LogP contribution in [0.3, 0.4) is 0 Å². The van der Waals surface area contributed by atoms with Gasteiger partial charge in [0.05, 0.1) is 24.2 Å². The molecule has 38 heavy (non-hydrogen) atoms. The van der Waals surface area contributed by atoms with E-state index in [-0.39, 0.29) is 25.0 Å². The van der Waals surface area contributed by atoms with Crippen LogP contribution in [0.15, 0.2) is 12.4 Å². The third-order valence-corrected chi connectivity index (χ3v) is 7.12. The van der Waals surface area contributed by atoms with Crippen molar-refractivity contribution in [1.29, 1.82) is 0 Å². The van der Waals surface area contributed by atoms with Gasteiger partial charge in [0.15, 0.2) is 11.8 Å². The van der Waals surface area contributed by atoms with Gasteiger partial charge in [-0.25, -0.2) is 19.4 Å². The van der Waals surface area contributed by atoms with Crippen molar-refractivity contribution in [3.8, 4) is 5.75 Å². The molecule has 1 aliphatic heterocycles. The van der Waals surface area contributed by atoms with Gasteiger partial charge in [-0.15, -0.1) is 0 Å². The Morgan fingerprint density at radius 2 is 1.87 bits per heavy atom. The third-order valence-electron chi connectivity index (χ3n) is 6.73. The zero-order chi connectivity index (χ0) is 28.1. The van der Waals surface area contributed by atoms with Crippen LogP contribution in [-0.2, 0) is 14.3 Å². The van der Waals surface area contributed by atoms with Gasteiger partial charge in [0, 0.05) is 35.2 Å². The number of carbonyl (C=O) groups excluding carboxylic acids is 2. The number of benzene rings is 1. The number of anilines is 1. The zero-order valence-corrected chi connectivity index (χ0v) is 22.0. The highest BCUT2D eigenvalue weighted by atomic mass is 35.5. The number of amides is 1. The van der Waals surface area contributed by atoms with Crippen molar-refractivity contribution < 1.29 is 32.2 Å². The molecular weight excluding hydrogens is 529 g/mol. The summed E-state index contributed by atoms with van der Waals surface area (Å²) >= 11 is 6.63. The van der Waals surface area contributed by atoms with Crippen LogP contribution in [0.2, 0.25) is 5.02 Å². The van der Waals surface area contributed by atoms with Crippen molar-refractivity contribution >= 4 is 40.3 Å². The molecule has 2 N–H and O–H groups in total. The second kappa shape index (κ2) is 9.93. The van der Waals surface area contributed by atoms with E-state index in [0.717, 1.165) is 23.6 Å². The second-order valence-electron chi connectivity index (χ2n) is 9.17. The summed E-state index contributed by atoms with van der Waals surface area (Å²) in [6.07, 6.45) is -5.39. The van der Waals surface area contributed by atoms with Crippen LogP contribution in [0, 0.1) is 13.8 Å². The van der Waals surface area contributed by atoms with E-state index in [1.807, 2.05) is 20.8 Å². The van der Waals surface area contributed by atoms with Gasteiger partial charge in [0.2, 0.25) is 0 Å². The van der Waals surface area contributed by atoms with Gasteiger partial charge in [-0.1, -0.05) is 11.6 Å². The SMILES string of the molecule is COc1c(C(C)n2nc(C)c3c(N)ncnc32)cc(Cl)c(C)c1C1CN(C(=O)[C@H](C)OC(=O)C(F)(F)F)C1. The zero-order valence-electron chi connectivity index (χ0n) is 21.3. The Balaban J connectivity index is 1.63. The van der Waals surface area contributed by atoms with E-state index in [1.165, 1.54) is 18.3 Å². The molecule has 0 spiro atoms. The topological polar surface area (TPSA) is 125 Å². The van der Waals surface area contributed by atoms with E-state index >= 15 is 0 Å². The van der Waals surface area contributed by atoms with Crippen molar-refractivity contribution in [3.63, 3.8) is 0 Å². The molecule has 0 radical (unpaired) electrons. The summed E-state index contributed by atoms with van der Waals surface area (Å²) in [5.41, 5.74) is 9.49. The molecule has 1 saturated heterocycles. The number of fused-ring (bicyclic) bond motifs is 1. The van der Waals surface area contributed by atoms with E-state index in [0.29, 0.717) is 33.3 Å². The molecule has 1 aromatic carbocycles. The Bertz CT molecular complexity index is 1420. The number of nitrogens with zero attached hydrogens (tertiary/aromatic N) is 5. The van der Waals surface area contributed by atoms with Gasteiger partial charge in [0.1, 0.15) is 17.9 Å². The second-order valence-corrected chi connectivity index (χ2v) is 9.58. The average molecular weight is 555 g/mol. The van der Waals surface area contributed by atoms with E-state index in [4.69, 9.17) is 22.1 Å². The number of carbonyl (C=O) groups is 2. The quantitative estimate of drug-likeness (QED) is 0.457. The number of halogens is 4. The Labute approximate surface area is 220 Å². The van der Waals surface area contributed by atoms with Crippen molar-refractivity contribution in [1.82, 2.24) is 24.6 Å². The Morgan fingerprint density at radius 3 is 2.47 bits per heavy atom. The predicted octanol–water partition coefficient (Wildman–Crippen LogP) is 3.72. The lowest BCUT2D eigenvalue weighted by Crippen LogP contribution is -2.53. The van der Waals surface area contributed by atoms with Crippen LogP contribution < -0.4 is 10.5 Å². The van der Waals surface area contributed by atoms with Gasteiger partial charge in [0.25, 0.3) is 5.91 Å². The maximum atomic E-state index is 12.6. The molecule has 2 aromatic heterocycles. The van der Waals surface area contributed by atoms with Crippen molar-refractivity contribution in [2.75, 3.05) is 25.9 Å². The first-order valence-corrected chi connectivity index (χ1v) is 12.0. The van der Waals surface area contributed by atoms with E-state index in [1.54, 1.807) is 10.7 Å². The van der Waals surface area contributed by atoms with Crippen LogP contribution in [0.25, 0.3) is 11.0 Å². The summed E-state index contributed by atoms with van der Waals surface area (Å²) in [5, 5.41) is 5.74. The minimum absolute atomic E-state index is 0.186. The van der Waals surface area contributed by atoms with E-state index in [2.05, 4.69) is 19.8 Å². The van der Waals surface area contributed by atoms with Gasteiger partial charge in [-0.2, -0.15) is 18.3 Å². The van der Waals surface area contributed by atoms with Gasteiger partial charge in [-0.3, -0.25) is 4.79 Å². The highest BCUT2D eigenvalue weighted by Crippen LogP contribution is 2.44. The van der Waals surface area contributed by atoms with Gasteiger partial charge < -0.3 is 20.1 Å². The summed E-state index contributed by atoms with van der Waals surface area (Å²) in [6.45, 7) is 7.02. The van der Waals surface area contributed by atoms with Crippen molar-refractivity contribution in [2.24, 2.45) is 0 Å². The maximum Gasteiger partial charge on any atom is 0.490 e. The number of methoxy groups -OCH3 is 1. The summed E-state index contributed by atoms with van der Waals surface area (Å²) in [4.78, 5) is 33.4. The number of esters is 1. The molecule has 0 aliphatic carbocycles. The summed E-state index contributed by atoms with van der Waals surface area (Å²) in [7, 11) is 1.52. The smallest absolute Gasteiger partial charge is 0.490 e. The van der Waals surface area contributed by atoms with Crippen LogP contribution >= 0.6 is 11.6 Å². The molecule has 1 aliphatic rings. The molecule has 1 amide bonds. The van der Waals surface area contributed by atoms with Gasteiger partial charge in [-0.05, 0) is 39.3 Å². The van der Waals surface area contributed by atoms with E-state index in [9.17, 15) is 22.8 Å². The average Bonchev–Trinajstić information content (AvgIpc) is 3.16. The summed E-state index contributed by atoms with van der Waals surface area (Å²) in [5.74, 6) is -2.47. The number of ether oxygens (including phenoxy) is 2. The number of nitrogen functional groups attached to an aromatic ring is 1.